The smallest absolute Gasteiger partial charge is 0.245 e. The number of ketones is 1. The van der Waals surface area contributed by atoms with Crippen molar-refractivity contribution in [3.05, 3.63) is 65.0 Å². The zero-order valence-corrected chi connectivity index (χ0v) is 19.9. The highest BCUT2D eigenvalue weighted by molar-refractivity contribution is 5.97. The first-order chi connectivity index (χ1) is 16.5. The molecule has 34 heavy (non-hydrogen) atoms. The van der Waals surface area contributed by atoms with Gasteiger partial charge < -0.3 is 15.1 Å². The van der Waals surface area contributed by atoms with Gasteiger partial charge in [-0.25, -0.2) is 4.39 Å². The molecule has 0 saturated carbocycles. The summed E-state index contributed by atoms with van der Waals surface area (Å²) in [7, 11) is 0. The molecule has 3 aliphatic heterocycles. The van der Waals surface area contributed by atoms with E-state index in [1.54, 1.807) is 12.1 Å². The average molecular weight is 464 g/mol. The number of aryl methyl sites for hydroxylation is 1. The number of hydrogen-bond donors (Lipinski definition) is 1. The molecule has 6 heteroatoms. The Morgan fingerprint density at radius 1 is 1.03 bits per heavy atom. The SMILES string of the molecule is Cc1ccc2c(c1)NC(C(=O)N1CCC[C@H]1CCN1CCC(C(=O)c3ccc(F)cc3)CC1)C2. The summed E-state index contributed by atoms with van der Waals surface area (Å²) in [6.45, 7) is 5.69. The van der Waals surface area contributed by atoms with Crippen molar-refractivity contribution in [1.29, 1.82) is 0 Å². The Labute approximate surface area is 201 Å². The fourth-order valence-electron chi connectivity index (χ4n) is 5.84. The number of benzene rings is 2. The lowest BCUT2D eigenvalue weighted by Gasteiger charge is -2.33. The van der Waals surface area contributed by atoms with E-state index in [-0.39, 0.29) is 29.5 Å². The van der Waals surface area contributed by atoms with Gasteiger partial charge in [0, 0.05) is 42.7 Å². The van der Waals surface area contributed by atoms with Crippen molar-refractivity contribution >= 4 is 17.4 Å². The van der Waals surface area contributed by atoms with Crippen LogP contribution in [0.3, 0.4) is 0 Å². The quantitative estimate of drug-likeness (QED) is 0.644. The number of Topliss-reactive ketones (excluding diaryl/α,β-unsaturated/α-hetero) is 1. The van der Waals surface area contributed by atoms with Crippen LogP contribution in [0, 0.1) is 18.7 Å². The van der Waals surface area contributed by atoms with Gasteiger partial charge in [-0.2, -0.15) is 0 Å². The molecule has 1 N–H and O–H groups in total. The first kappa shape index (κ1) is 23.0. The minimum Gasteiger partial charge on any atom is -0.373 e. The maximum atomic E-state index is 13.3. The third-order valence-electron chi connectivity index (χ3n) is 7.84. The molecule has 2 fully saturated rings. The summed E-state index contributed by atoms with van der Waals surface area (Å²) in [4.78, 5) is 30.6. The van der Waals surface area contributed by atoms with E-state index < -0.39 is 0 Å². The highest BCUT2D eigenvalue weighted by atomic mass is 19.1. The Morgan fingerprint density at radius 3 is 2.56 bits per heavy atom. The van der Waals surface area contributed by atoms with Crippen molar-refractivity contribution in [2.75, 3.05) is 31.5 Å². The van der Waals surface area contributed by atoms with Crippen LogP contribution in [0.4, 0.5) is 10.1 Å². The molecule has 180 valence electrons. The van der Waals surface area contributed by atoms with Crippen LogP contribution in [0.2, 0.25) is 0 Å². The topological polar surface area (TPSA) is 52.7 Å². The van der Waals surface area contributed by atoms with Gasteiger partial charge in [0.05, 0.1) is 0 Å². The molecule has 2 atom stereocenters. The van der Waals surface area contributed by atoms with E-state index in [4.69, 9.17) is 0 Å². The first-order valence-electron chi connectivity index (χ1n) is 12.7. The van der Waals surface area contributed by atoms with Gasteiger partial charge >= 0.3 is 0 Å². The number of nitrogens with zero attached hydrogens (tertiary/aromatic N) is 2. The predicted molar refractivity (Wildman–Crippen MR) is 132 cm³/mol. The Kier molecular flexibility index (Phi) is 6.68. The monoisotopic (exact) mass is 463 g/mol. The zero-order valence-electron chi connectivity index (χ0n) is 19.9. The molecule has 5 nitrogen and oxygen atoms in total. The first-order valence-corrected chi connectivity index (χ1v) is 12.7. The predicted octanol–water partition coefficient (Wildman–Crippen LogP) is 4.45. The molecule has 2 aromatic carbocycles. The highest BCUT2D eigenvalue weighted by Crippen LogP contribution is 2.30. The summed E-state index contributed by atoms with van der Waals surface area (Å²) in [5, 5.41) is 3.46. The molecular weight excluding hydrogens is 429 g/mol. The van der Waals surface area contributed by atoms with Crippen LogP contribution < -0.4 is 5.32 Å². The molecule has 3 aliphatic rings. The second kappa shape index (κ2) is 9.87. The minimum absolute atomic E-state index is 0.0185. The van der Waals surface area contributed by atoms with Crippen LogP contribution >= 0.6 is 0 Å². The second-order valence-corrected chi connectivity index (χ2v) is 10.2. The van der Waals surface area contributed by atoms with Crippen molar-refractivity contribution < 1.29 is 14.0 Å². The summed E-state index contributed by atoms with van der Waals surface area (Å²) >= 11 is 0. The summed E-state index contributed by atoms with van der Waals surface area (Å²) in [6.07, 6.45) is 5.59. The van der Waals surface area contributed by atoms with E-state index in [9.17, 15) is 14.0 Å². The summed E-state index contributed by atoms with van der Waals surface area (Å²) < 4.78 is 13.2. The molecule has 1 amide bonds. The van der Waals surface area contributed by atoms with Crippen LogP contribution in [0.25, 0.3) is 0 Å². The number of nitrogens with one attached hydrogen (secondary N) is 1. The molecule has 0 spiro atoms. The standard InChI is InChI=1S/C28H34FN3O2/c1-19-4-5-22-18-26(30-25(22)17-19)28(34)32-13-2-3-24(32)12-16-31-14-10-21(11-15-31)27(33)20-6-8-23(29)9-7-20/h4-9,17,21,24,26,30H,2-3,10-16,18H2,1H3/t24-,26?/m0/s1. The molecule has 3 heterocycles. The molecule has 1 unspecified atom stereocenters. The Hall–Kier alpha value is -2.73. The second-order valence-electron chi connectivity index (χ2n) is 10.2. The van der Waals surface area contributed by atoms with Crippen LogP contribution in [0.15, 0.2) is 42.5 Å². The number of piperidine rings is 1. The molecular formula is C28H34FN3O2. The van der Waals surface area contributed by atoms with Crippen LogP contribution in [0.5, 0.6) is 0 Å². The number of rotatable bonds is 6. The number of carbonyl (C=O) groups excluding carboxylic acids is 2. The molecule has 2 aromatic rings. The normalized spacial score (nSPS) is 23.1. The Balaban J connectivity index is 1.10. The number of fused-ring (bicyclic) bond motifs is 1. The number of carbonyl (C=O) groups is 2. The van der Waals surface area contributed by atoms with E-state index >= 15 is 0 Å². The summed E-state index contributed by atoms with van der Waals surface area (Å²) in [5.74, 6) is 0.0755. The number of likely N-dealkylation sites (tertiary alicyclic amines) is 2. The number of anilines is 1. The maximum absolute atomic E-state index is 13.3. The van der Waals surface area contributed by atoms with Gasteiger partial charge in [0.25, 0.3) is 0 Å². The minimum atomic E-state index is -0.311. The van der Waals surface area contributed by atoms with E-state index in [0.29, 0.717) is 11.6 Å². The van der Waals surface area contributed by atoms with E-state index in [0.717, 1.165) is 70.4 Å². The third kappa shape index (κ3) is 4.88. The summed E-state index contributed by atoms with van der Waals surface area (Å²) in [5.41, 5.74) is 4.16. The summed E-state index contributed by atoms with van der Waals surface area (Å²) in [6, 6.07) is 12.4. The van der Waals surface area contributed by atoms with Crippen molar-refractivity contribution in [3.63, 3.8) is 0 Å². The van der Waals surface area contributed by atoms with Crippen molar-refractivity contribution in [2.45, 2.75) is 57.5 Å². The molecule has 2 saturated heterocycles. The number of halogens is 1. The van der Waals surface area contributed by atoms with Gasteiger partial charge in [-0.05, 0) is 93.6 Å². The van der Waals surface area contributed by atoms with Crippen LogP contribution in [-0.4, -0.2) is 59.8 Å². The van der Waals surface area contributed by atoms with Crippen molar-refractivity contribution in [3.8, 4) is 0 Å². The molecule has 0 aromatic heterocycles. The van der Waals surface area contributed by atoms with Gasteiger partial charge in [0.2, 0.25) is 5.91 Å². The van der Waals surface area contributed by atoms with Gasteiger partial charge in [-0.15, -0.1) is 0 Å². The van der Waals surface area contributed by atoms with Gasteiger partial charge in [0.1, 0.15) is 11.9 Å². The third-order valence-corrected chi connectivity index (χ3v) is 7.84. The van der Waals surface area contributed by atoms with E-state index in [1.165, 1.54) is 23.3 Å². The average Bonchev–Trinajstić information content (AvgIpc) is 3.49. The molecule has 0 bridgehead atoms. The molecule has 0 aliphatic carbocycles. The lowest BCUT2D eigenvalue weighted by molar-refractivity contribution is -0.132. The van der Waals surface area contributed by atoms with Crippen molar-refractivity contribution in [1.82, 2.24) is 9.80 Å². The zero-order chi connectivity index (χ0) is 23.7. The van der Waals surface area contributed by atoms with Gasteiger partial charge in [0.15, 0.2) is 5.78 Å². The van der Waals surface area contributed by atoms with E-state index in [2.05, 4.69) is 40.2 Å². The lowest BCUT2D eigenvalue weighted by Crippen LogP contribution is -2.46. The van der Waals surface area contributed by atoms with E-state index in [1.807, 2.05) is 0 Å². The fourth-order valence-corrected chi connectivity index (χ4v) is 5.84. The Bertz CT molecular complexity index is 1050. The maximum Gasteiger partial charge on any atom is 0.245 e. The fraction of sp³-hybridized carbons (Fsp3) is 0.500. The van der Waals surface area contributed by atoms with Crippen LogP contribution in [-0.2, 0) is 11.2 Å². The highest BCUT2D eigenvalue weighted by Gasteiger charge is 2.36. The van der Waals surface area contributed by atoms with Gasteiger partial charge in [-0.3, -0.25) is 9.59 Å². The van der Waals surface area contributed by atoms with Crippen LogP contribution in [0.1, 0.15) is 53.6 Å². The number of hydrogen-bond acceptors (Lipinski definition) is 4. The largest absolute Gasteiger partial charge is 0.373 e. The lowest BCUT2D eigenvalue weighted by atomic mass is 9.88. The van der Waals surface area contributed by atoms with Crippen molar-refractivity contribution in [2.24, 2.45) is 5.92 Å². The molecule has 0 radical (unpaired) electrons. The Morgan fingerprint density at radius 2 is 1.79 bits per heavy atom. The molecule has 5 rings (SSSR count). The number of amides is 1. The van der Waals surface area contributed by atoms with Gasteiger partial charge in [-0.1, -0.05) is 12.1 Å².